The average molecular weight is 308 g/mol. The van der Waals surface area contributed by atoms with Crippen LogP contribution in [-0.2, 0) is 0 Å². The molecule has 122 valence electrons. The fourth-order valence-corrected chi connectivity index (χ4v) is 2.92. The Kier molecular flexibility index (Phi) is 6.19. The number of nitrogens with one attached hydrogen (secondary N) is 1. The molecule has 1 atom stereocenters. The minimum absolute atomic E-state index is 0.0250. The van der Waals surface area contributed by atoms with Crippen molar-refractivity contribution in [2.24, 2.45) is 0 Å². The van der Waals surface area contributed by atoms with E-state index in [1.165, 1.54) is 12.1 Å². The first-order valence-corrected chi connectivity index (χ1v) is 8.02. The SMILES string of the molecule is CC(CCCO)NC(=O)N1CCC(c2ccc(F)cc2)CC1. The normalized spacial score (nSPS) is 17.3. The Morgan fingerprint density at radius 2 is 2.00 bits per heavy atom. The Bertz CT molecular complexity index is 470. The summed E-state index contributed by atoms with van der Waals surface area (Å²) in [5.74, 6) is 0.189. The van der Waals surface area contributed by atoms with E-state index < -0.39 is 0 Å². The number of nitrogens with zero attached hydrogens (tertiary/aromatic N) is 1. The van der Waals surface area contributed by atoms with E-state index in [9.17, 15) is 9.18 Å². The van der Waals surface area contributed by atoms with Crippen LogP contribution < -0.4 is 5.32 Å². The van der Waals surface area contributed by atoms with Crippen LogP contribution in [0.15, 0.2) is 24.3 Å². The first-order valence-electron chi connectivity index (χ1n) is 8.02. The summed E-state index contributed by atoms with van der Waals surface area (Å²) in [6.45, 7) is 3.56. The number of carbonyl (C=O) groups is 1. The van der Waals surface area contributed by atoms with Crippen molar-refractivity contribution in [3.63, 3.8) is 0 Å². The minimum Gasteiger partial charge on any atom is -0.396 e. The van der Waals surface area contributed by atoms with E-state index in [0.29, 0.717) is 12.3 Å². The van der Waals surface area contributed by atoms with Crippen molar-refractivity contribution < 1.29 is 14.3 Å². The summed E-state index contributed by atoms with van der Waals surface area (Å²) in [7, 11) is 0. The number of benzene rings is 1. The molecule has 1 fully saturated rings. The van der Waals surface area contributed by atoms with Gasteiger partial charge in [-0.15, -0.1) is 0 Å². The van der Waals surface area contributed by atoms with Gasteiger partial charge in [0.1, 0.15) is 5.82 Å². The molecule has 0 aliphatic carbocycles. The third-order valence-corrected chi connectivity index (χ3v) is 4.29. The lowest BCUT2D eigenvalue weighted by Crippen LogP contribution is -2.47. The summed E-state index contributed by atoms with van der Waals surface area (Å²) >= 11 is 0. The zero-order valence-corrected chi connectivity index (χ0v) is 13.1. The zero-order valence-electron chi connectivity index (χ0n) is 13.1. The number of likely N-dealkylation sites (tertiary alicyclic amines) is 1. The first-order chi connectivity index (χ1) is 10.6. The first kappa shape index (κ1) is 16.7. The van der Waals surface area contributed by atoms with Gasteiger partial charge in [-0.25, -0.2) is 9.18 Å². The molecule has 2 amide bonds. The number of piperidine rings is 1. The van der Waals surface area contributed by atoms with Crippen LogP contribution in [0.1, 0.15) is 44.1 Å². The molecule has 0 radical (unpaired) electrons. The van der Waals surface area contributed by atoms with Crippen molar-refractivity contribution in [1.29, 1.82) is 0 Å². The molecule has 0 aromatic heterocycles. The fraction of sp³-hybridized carbons (Fsp3) is 0.588. The summed E-state index contributed by atoms with van der Waals surface area (Å²) in [6.07, 6.45) is 3.30. The molecule has 4 nitrogen and oxygen atoms in total. The monoisotopic (exact) mass is 308 g/mol. The van der Waals surface area contributed by atoms with Gasteiger partial charge in [-0.1, -0.05) is 12.1 Å². The van der Waals surface area contributed by atoms with E-state index >= 15 is 0 Å². The van der Waals surface area contributed by atoms with Gasteiger partial charge in [0.05, 0.1) is 0 Å². The number of hydrogen-bond acceptors (Lipinski definition) is 2. The third kappa shape index (κ3) is 4.70. The van der Waals surface area contributed by atoms with Gasteiger partial charge in [0, 0.05) is 25.7 Å². The number of hydrogen-bond donors (Lipinski definition) is 2. The number of carbonyl (C=O) groups excluding carboxylic acids is 1. The van der Waals surface area contributed by atoms with Gasteiger partial charge >= 0.3 is 6.03 Å². The summed E-state index contributed by atoms with van der Waals surface area (Å²) < 4.78 is 13.0. The molecule has 2 rings (SSSR count). The van der Waals surface area contributed by atoms with Gasteiger partial charge in [0.25, 0.3) is 0 Å². The van der Waals surface area contributed by atoms with E-state index in [0.717, 1.165) is 37.9 Å². The van der Waals surface area contributed by atoms with Crippen LogP contribution in [0, 0.1) is 5.82 Å². The Labute approximate surface area is 131 Å². The molecule has 1 aromatic carbocycles. The predicted octanol–water partition coefficient (Wildman–Crippen LogP) is 2.88. The van der Waals surface area contributed by atoms with Gasteiger partial charge in [0.15, 0.2) is 0 Å². The van der Waals surface area contributed by atoms with Gasteiger partial charge in [-0.05, 0) is 56.2 Å². The number of urea groups is 1. The largest absolute Gasteiger partial charge is 0.396 e. The number of halogens is 1. The quantitative estimate of drug-likeness (QED) is 0.879. The summed E-state index contributed by atoms with van der Waals surface area (Å²) in [6, 6.07) is 6.73. The van der Waals surface area contributed by atoms with Crippen molar-refractivity contribution >= 4 is 6.03 Å². The van der Waals surface area contributed by atoms with Crippen molar-refractivity contribution in [2.45, 2.75) is 44.6 Å². The lowest BCUT2D eigenvalue weighted by atomic mass is 9.89. The maximum Gasteiger partial charge on any atom is 0.317 e. The van der Waals surface area contributed by atoms with E-state index in [-0.39, 0.29) is 24.5 Å². The third-order valence-electron chi connectivity index (χ3n) is 4.29. The number of amides is 2. The van der Waals surface area contributed by atoms with E-state index in [1.807, 2.05) is 24.0 Å². The van der Waals surface area contributed by atoms with Gasteiger partial charge < -0.3 is 15.3 Å². The van der Waals surface area contributed by atoms with Crippen molar-refractivity contribution in [3.8, 4) is 0 Å². The highest BCUT2D eigenvalue weighted by Crippen LogP contribution is 2.28. The predicted molar refractivity (Wildman–Crippen MR) is 84.3 cm³/mol. The van der Waals surface area contributed by atoms with Crippen molar-refractivity contribution in [3.05, 3.63) is 35.6 Å². The van der Waals surface area contributed by atoms with E-state index in [1.54, 1.807) is 0 Å². The maximum atomic E-state index is 13.0. The number of aliphatic hydroxyl groups is 1. The Morgan fingerprint density at radius 1 is 1.36 bits per heavy atom. The van der Waals surface area contributed by atoms with Crippen molar-refractivity contribution in [1.82, 2.24) is 10.2 Å². The average Bonchev–Trinajstić information content (AvgIpc) is 2.54. The number of rotatable bonds is 5. The second-order valence-electron chi connectivity index (χ2n) is 6.03. The van der Waals surface area contributed by atoms with Gasteiger partial charge in [-0.2, -0.15) is 0 Å². The molecule has 5 heteroatoms. The molecule has 22 heavy (non-hydrogen) atoms. The molecular formula is C17H25FN2O2. The molecular weight excluding hydrogens is 283 g/mol. The lowest BCUT2D eigenvalue weighted by Gasteiger charge is -2.33. The van der Waals surface area contributed by atoms with Crippen LogP contribution in [0.2, 0.25) is 0 Å². The lowest BCUT2D eigenvalue weighted by molar-refractivity contribution is 0.177. The second kappa shape index (κ2) is 8.13. The summed E-state index contributed by atoms with van der Waals surface area (Å²) in [5, 5.41) is 11.8. The van der Waals surface area contributed by atoms with Crippen LogP contribution in [-0.4, -0.2) is 41.8 Å². The highest BCUT2D eigenvalue weighted by atomic mass is 19.1. The van der Waals surface area contributed by atoms with Crippen LogP contribution in [0.5, 0.6) is 0 Å². The Morgan fingerprint density at radius 3 is 2.59 bits per heavy atom. The van der Waals surface area contributed by atoms with Crippen LogP contribution in [0.4, 0.5) is 9.18 Å². The molecule has 2 N–H and O–H groups in total. The molecule has 0 saturated carbocycles. The highest BCUT2D eigenvalue weighted by molar-refractivity contribution is 5.74. The fourth-order valence-electron chi connectivity index (χ4n) is 2.92. The minimum atomic E-state index is -0.211. The van der Waals surface area contributed by atoms with Crippen LogP contribution >= 0.6 is 0 Å². The molecule has 1 saturated heterocycles. The van der Waals surface area contributed by atoms with Crippen molar-refractivity contribution in [2.75, 3.05) is 19.7 Å². The standard InChI is InChI=1S/C17H25FN2O2/c1-13(3-2-12-21)19-17(22)20-10-8-15(9-11-20)14-4-6-16(18)7-5-14/h4-7,13,15,21H,2-3,8-12H2,1H3,(H,19,22). The smallest absolute Gasteiger partial charge is 0.317 e. The molecule has 1 aliphatic heterocycles. The molecule has 1 heterocycles. The topological polar surface area (TPSA) is 52.6 Å². The molecule has 0 spiro atoms. The molecule has 0 bridgehead atoms. The zero-order chi connectivity index (χ0) is 15.9. The van der Waals surface area contributed by atoms with E-state index in [2.05, 4.69) is 5.32 Å². The highest BCUT2D eigenvalue weighted by Gasteiger charge is 2.24. The summed E-state index contributed by atoms with van der Waals surface area (Å²) in [5.41, 5.74) is 1.15. The maximum absolute atomic E-state index is 13.0. The molecule has 1 aromatic rings. The van der Waals surface area contributed by atoms with Gasteiger partial charge in [0.2, 0.25) is 0 Å². The molecule has 1 unspecified atom stereocenters. The van der Waals surface area contributed by atoms with Crippen LogP contribution in [0.25, 0.3) is 0 Å². The second-order valence-corrected chi connectivity index (χ2v) is 6.03. The van der Waals surface area contributed by atoms with Gasteiger partial charge in [-0.3, -0.25) is 0 Å². The van der Waals surface area contributed by atoms with Crippen LogP contribution in [0.3, 0.4) is 0 Å². The van der Waals surface area contributed by atoms with E-state index in [4.69, 9.17) is 5.11 Å². The Balaban J connectivity index is 1.79. The number of aliphatic hydroxyl groups excluding tert-OH is 1. The molecule has 1 aliphatic rings. The summed E-state index contributed by atoms with van der Waals surface area (Å²) in [4.78, 5) is 14.0. The Hall–Kier alpha value is -1.62.